The van der Waals surface area contributed by atoms with Gasteiger partial charge in [0.1, 0.15) is 0 Å². The maximum absolute atomic E-state index is 9.99. The lowest BCUT2D eigenvalue weighted by Crippen LogP contribution is -2.46. The molecule has 4 aliphatic rings. The van der Waals surface area contributed by atoms with Crippen LogP contribution in [0.1, 0.15) is 52.4 Å². The molecule has 0 aromatic heterocycles. The molecule has 1 heteroatoms. The van der Waals surface area contributed by atoms with E-state index >= 15 is 0 Å². The van der Waals surface area contributed by atoms with Gasteiger partial charge >= 0.3 is 0 Å². The zero-order chi connectivity index (χ0) is 14.0. The molecule has 0 saturated heterocycles. The summed E-state index contributed by atoms with van der Waals surface area (Å²) in [5.74, 6) is 1.54. The summed E-state index contributed by atoms with van der Waals surface area (Å²) in [6.45, 7) is 4.90. The summed E-state index contributed by atoms with van der Waals surface area (Å²) >= 11 is 0. The fourth-order valence-corrected chi connectivity index (χ4v) is 5.58. The summed E-state index contributed by atoms with van der Waals surface area (Å²) in [7, 11) is 0. The maximum Gasteiger partial charge on any atom is 0.0577 e. The number of hydrogen-bond acceptors (Lipinski definition) is 1. The predicted octanol–water partition coefficient (Wildman–Crippen LogP) is 4.40. The number of hydrogen-bond donors (Lipinski definition) is 1. The molecule has 1 N–H and O–H groups in total. The molecular formula is C19H26O. The van der Waals surface area contributed by atoms with E-state index in [4.69, 9.17) is 0 Å². The highest BCUT2D eigenvalue weighted by Gasteiger charge is 2.52. The summed E-state index contributed by atoms with van der Waals surface area (Å²) in [5, 5.41) is 9.99. The van der Waals surface area contributed by atoms with Crippen LogP contribution in [0.15, 0.2) is 35.5 Å². The van der Waals surface area contributed by atoms with Gasteiger partial charge in [-0.05, 0) is 55.8 Å². The lowest BCUT2D eigenvalue weighted by Gasteiger charge is -2.55. The standard InChI is InChI=1S/C19H26O/c1-18-9-3-4-16(18)15-6-5-13-12-14(20)7-11-19(13,2)17(15)8-10-18/h3-5,9,14-15,17,20H,6-8,10-12H2,1-2H3/t14-,15-,17-,18-,19-/m0/s1. The second kappa shape index (κ2) is 4.10. The Morgan fingerprint density at radius 1 is 1.20 bits per heavy atom. The van der Waals surface area contributed by atoms with Crippen LogP contribution in [0.4, 0.5) is 0 Å². The molecule has 4 aliphatic carbocycles. The first kappa shape index (κ1) is 12.9. The number of fused-ring (bicyclic) bond motifs is 5. The minimum atomic E-state index is -0.0907. The van der Waals surface area contributed by atoms with E-state index in [2.05, 4.69) is 38.2 Å². The van der Waals surface area contributed by atoms with Crippen molar-refractivity contribution in [2.75, 3.05) is 0 Å². The molecule has 0 heterocycles. The van der Waals surface area contributed by atoms with Gasteiger partial charge in [-0.1, -0.05) is 49.3 Å². The molecule has 0 bridgehead atoms. The van der Waals surface area contributed by atoms with E-state index in [0.29, 0.717) is 10.8 Å². The van der Waals surface area contributed by atoms with Gasteiger partial charge in [0.2, 0.25) is 0 Å². The fraction of sp³-hybridized carbons (Fsp3) is 0.684. The Labute approximate surface area is 122 Å². The van der Waals surface area contributed by atoms with Crippen molar-refractivity contribution < 1.29 is 5.11 Å². The van der Waals surface area contributed by atoms with Gasteiger partial charge < -0.3 is 5.11 Å². The fourth-order valence-electron chi connectivity index (χ4n) is 5.58. The van der Waals surface area contributed by atoms with Gasteiger partial charge in [-0.2, -0.15) is 0 Å². The first-order valence-electron chi connectivity index (χ1n) is 8.30. The highest BCUT2D eigenvalue weighted by Crippen LogP contribution is 2.62. The average Bonchev–Trinajstić information content (AvgIpc) is 2.81. The number of aliphatic hydroxyl groups is 1. The van der Waals surface area contributed by atoms with Crippen molar-refractivity contribution in [2.45, 2.75) is 58.5 Å². The van der Waals surface area contributed by atoms with Crippen LogP contribution in [-0.2, 0) is 0 Å². The van der Waals surface area contributed by atoms with Crippen LogP contribution in [0.3, 0.4) is 0 Å². The molecule has 2 fully saturated rings. The van der Waals surface area contributed by atoms with Crippen molar-refractivity contribution in [1.29, 1.82) is 0 Å². The zero-order valence-corrected chi connectivity index (χ0v) is 12.7. The van der Waals surface area contributed by atoms with Gasteiger partial charge in [-0.3, -0.25) is 0 Å². The predicted molar refractivity (Wildman–Crippen MR) is 82.2 cm³/mol. The molecule has 4 rings (SSSR count). The summed E-state index contributed by atoms with van der Waals surface area (Å²) in [6.07, 6.45) is 16.4. The van der Waals surface area contributed by atoms with Gasteiger partial charge in [-0.15, -0.1) is 0 Å². The van der Waals surface area contributed by atoms with E-state index in [-0.39, 0.29) is 6.10 Å². The van der Waals surface area contributed by atoms with Gasteiger partial charge in [0.15, 0.2) is 0 Å². The molecular weight excluding hydrogens is 244 g/mol. The van der Waals surface area contributed by atoms with E-state index in [0.717, 1.165) is 24.7 Å². The Bertz CT molecular complexity index is 526. The summed E-state index contributed by atoms with van der Waals surface area (Å²) in [5.41, 5.74) is 3.95. The van der Waals surface area contributed by atoms with E-state index in [1.165, 1.54) is 25.7 Å². The Morgan fingerprint density at radius 3 is 2.90 bits per heavy atom. The SMILES string of the molecule is C[C@@]12C=CC=C1[C@@H]1CC=C3C[C@@H](O)CC[C@]3(C)[C@H]1CC2. The van der Waals surface area contributed by atoms with E-state index in [1.54, 1.807) is 11.1 Å². The van der Waals surface area contributed by atoms with Crippen LogP contribution >= 0.6 is 0 Å². The van der Waals surface area contributed by atoms with E-state index in [9.17, 15) is 5.11 Å². The van der Waals surface area contributed by atoms with Crippen molar-refractivity contribution in [3.63, 3.8) is 0 Å². The molecule has 0 aromatic carbocycles. The molecule has 2 saturated carbocycles. The molecule has 20 heavy (non-hydrogen) atoms. The highest BCUT2D eigenvalue weighted by molar-refractivity contribution is 5.40. The third-order valence-corrected chi connectivity index (χ3v) is 6.88. The molecule has 5 atom stereocenters. The molecule has 0 spiro atoms. The topological polar surface area (TPSA) is 20.2 Å². The number of rotatable bonds is 0. The second-order valence-corrected chi connectivity index (χ2v) is 7.93. The number of allylic oxidation sites excluding steroid dienone is 5. The largest absolute Gasteiger partial charge is 0.393 e. The highest BCUT2D eigenvalue weighted by atomic mass is 16.3. The van der Waals surface area contributed by atoms with Gasteiger partial charge in [-0.25, -0.2) is 0 Å². The Morgan fingerprint density at radius 2 is 2.05 bits per heavy atom. The van der Waals surface area contributed by atoms with Gasteiger partial charge in [0.25, 0.3) is 0 Å². The Hall–Kier alpha value is -0.820. The molecule has 108 valence electrons. The lowest BCUT2D eigenvalue weighted by molar-refractivity contribution is 0.0360. The quantitative estimate of drug-likeness (QED) is 0.647. The van der Waals surface area contributed by atoms with Crippen molar-refractivity contribution in [3.05, 3.63) is 35.5 Å². The van der Waals surface area contributed by atoms with E-state index in [1.807, 2.05) is 0 Å². The van der Waals surface area contributed by atoms with Crippen LogP contribution in [-0.4, -0.2) is 11.2 Å². The number of aliphatic hydroxyl groups excluding tert-OH is 1. The van der Waals surface area contributed by atoms with Crippen LogP contribution in [0.5, 0.6) is 0 Å². The van der Waals surface area contributed by atoms with Crippen molar-refractivity contribution in [3.8, 4) is 0 Å². The Balaban J connectivity index is 1.72. The smallest absolute Gasteiger partial charge is 0.0577 e. The molecule has 0 unspecified atom stereocenters. The van der Waals surface area contributed by atoms with Crippen LogP contribution in [0.25, 0.3) is 0 Å². The maximum atomic E-state index is 9.99. The van der Waals surface area contributed by atoms with Crippen LogP contribution < -0.4 is 0 Å². The van der Waals surface area contributed by atoms with Crippen LogP contribution in [0, 0.1) is 22.7 Å². The first-order chi connectivity index (χ1) is 9.53. The monoisotopic (exact) mass is 270 g/mol. The molecule has 0 amide bonds. The van der Waals surface area contributed by atoms with Crippen molar-refractivity contribution in [1.82, 2.24) is 0 Å². The van der Waals surface area contributed by atoms with Crippen molar-refractivity contribution in [2.24, 2.45) is 22.7 Å². The first-order valence-corrected chi connectivity index (χ1v) is 8.30. The second-order valence-electron chi connectivity index (χ2n) is 7.93. The summed E-state index contributed by atoms with van der Waals surface area (Å²) in [4.78, 5) is 0. The van der Waals surface area contributed by atoms with Crippen LogP contribution in [0.2, 0.25) is 0 Å². The Kier molecular flexibility index (Phi) is 2.64. The molecule has 1 nitrogen and oxygen atoms in total. The van der Waals surface area contributed by atoms with Crippen molar-refractivity contribution >= 4 is 0 Å². The normalized spacial score (nSPS) is 49.9. The van der Waals surface area contributed by atoms with Gasteiger partial charge in [0, 0.05) is 5.41 Å². The lowest BCUT2D eigenvalue weighted by atomic mass is 9.50. The molecule has 0 aromatic rings. The van der Waals surface area contributed by atoms with E-state index < -0.39 is 0 Å². The van der Waals surface area contributed by atoms with Gasteiger partial charge in [0.05, 0.1) is 6.10 Å². The minimum absolute atomic E-state index is 0.0907. The zero-order valence-electron chi connectivity index (χ0n) is 12.7. The third-order valence-electron chi connectivity index (χ3n) is 6.88. The molecule has 0 radical (unpaired) electrons. The molecule has 0 aliphatic heterocycles. The minimum Gasteiger partial charge on any atom is -0.393 e. The third kappa shape index (κ3) is 1.59. The summed E-state index contributed by atoms with van der Waals surface area (Å²) < 4.78 is 0. The summed E-state index contributed by atoms with van der Waals surface area (Å²) in [6, 6.07) is 0. The average molecular weight is 270 g/mol.